The van der Waals surface area contributed by atoms with E-state index in [0.717, 1.165) is 56.3 Å². The van der Waals surface area contributed by atoms with Crippen molar-refractivity contribution >= 4 is 28.2 Å². The van der Waals surface area contributed by atoms with Crippen LogP contribution in [0.3, 0.4) is 0 Å². The molecule has 0 radical (unpaired) electrons. The Morgan fingerprint density at radius 3 is 2.97 bits per heavy atom. The van der Waals surface area contributed by atoms with E-state index in [1.807, 2.05) is 19.1 Å². The smallest absolute Gasteiger partial charge is 0.253 e. The third-order valence-electron chi connectivity index (χ3n) is 5.44. The Kier molecular flexibility index (Phi) is 8.66. The minimum atomic E-state index is -0.0664. The van der Waals surface area contributed by atoms with Crippen LogP contribution in [0.15, 0.2) is 29.1 Å². The minimum absolute atomic E-state index is 0.0664. The molecule has 1 saturated heterocycles. The van der Waals surface area contributed by atoms with E-state index in [2.05, 4.69) is 34.3 Å². The monoisotopic (exact) mass is 431 g/mol. The van der Waals surface area contributed by atoms with Gasteiger partial charge in [-0.1, -0.05) is 13.0 Å². The second-order valence-corrected chi connectivity index (χ2v) is 8.08. The molecule has 0 aliphatic carbocycles. The van der Waals surface area contributed by atoms with Gasteiger partial charge in [0.25, 0.3) is 5.56 Å². The normalized spacial score (nSPS) is 16.1. The van der Waals surface area contributed by atoms with Crippen LogP contribution in [-0.4, -0.2) is 54.0 Å². The Morgan fingerprint density at radius 1 is 1.37 bits per heavy atom. The van der Waals surface area contributed by atoms with E-state index < -0.39 is 0 Å². The number of aromatic nitrogens is 1. The Morgan fingerprint density at radius 2 is 2.23 bits per heavy atom. The zero-order valence-electron chi connectivity index (χ0n) is 18.0. The van der Waals surface area contributed by atoms with Crippen molar-refractivity contribution in [2.24, 2.45) is 0 Å². The number of aromatic amines is 1. The molecule has 1 unspecified atom stereocenters. The third-order valence-corrected chi connectivity index (χ3v) is 5.84. The summed E-state index contributed by atoms with van der Waals surface area (Å²) in [4.78, 5) is 17.8. The van der Waals surface area contributed by atoms with Gasteiger partial charge in [0.1, 0.15) is 0 Å². The molecule has 30 heavy (non-hydrogen) atoms. The van der Waals surface area contributed by atoms with Gasteiger partial charge >= 0.3 is 0 Å². The molecule has 1 aliphatic heterocycles. The number of ether oxygens (including phenoxy) is 2. The summed E-state index contributed by atoms with van der Waals surface area (Å²) in [7, 11) is 0. The largest absolute Gasteiger partial charge is 0.382 e. The first-order valence-corrected chi connectivity index (χ1v) is 11.4. The average molecular weight is 432 g/mol. The number of pyridine rings is 1. The van der Waals surface area contributed by atoms with Gasteiger partial charge in [0, 0.05) is 44.0 Å². The van der Waals surface area contributed by atoms with Crippen molar-refractivity contribution in [2.45, 2.75) is 52.2 Å². The zero-order valence-corrected chi connectivity index (χ0v) is 18.9. The van der Waals surface area contributed by atoms with Crippen LogP contribution in [-0.2, 0) is 22.4 Å². The van der Waals surface area contributed by atoms with Crippen LogP contribution in [0.2, 0.25) is 0 Å². The highest BCUT2D eigenvalue weighted by Crippen LogP contribution is 2.17. The average Bonchev–Trinajstić information content (AvgIpc) is 3.26. The van der Waals surface area contributed by atoms with Crippen molar-refractivity contribution in [3.05, 3.63) is 45.7 Å². The van der Waals surface area contributed by atoms with Crippen molar-refractivity contribution in [2.75, 3.05) is 32.9 Å². The fraction of sp³-hybridized carbons (Fsp3) is 0.565. The Labute approximate surface area is 183 Å². The van der Waals surface area contributed by atoms with E-state index in [1.165, 1.54) is 5.56 Å². The van der Waals surface area contributed by atoms with Gasteiger partial charge in [0.2, 0.25) is 0 Å². The highest BCUT2D eigenvalue weighted by molar-refractivity contribution is 7.80. The van der Waals surface area contributed by atoms with Crippen molar-refractivity contribution in [1.82, 2.24) is 15.2 Å². The lowest BCUT2D eigenvalue weighted by Crippen LogP contribution is -2.44. The van der Waals surface area contributed by atoms with Gasteiger partial charge in [0.15, 0.2) is 5.11 Å². The van der Waals surface area contributed by atoms with Gasteiger partial charge in [-0.3, -0.25) is 4.79 Å². The second kappa shape index (κ2) is 11.4. The number of fused-ring (bicyclic) bond motifs is 1. The molecule has 0 bridgehead atoms. The maximum absolute atomic E-state index is 12.7. The maximum Gasteiger partial charge on any atom is 0.253 e. The number of hydrogen-bond donors (Lipinski definition) is 2. The van der Waals surface area contributed by atoms with E-state index in [4.69, 9.17) is 21.7 Å². The molecule has 2 N–H and O–H groups in total. The fourth-order valence-electron chi connectivity index (χ4n) is 3.72. The Bertz CT molecular complexity index is 893. The predicted molar refractivity (Wildman–Crippen MR) is 125 cm³/mol. The summed E-state index contributed by atoms with van der Waals surface area (Å²) in [5.41, 5.74) is 2.77. The summed E-state index contributed by atoms with van der Waals surface area (Å²) in [6.45, 7) is 8.24. The summed E-state index contributed by atoms with van der Waals surface area (Å²) in [5.74, 6) is 0. The minimum Gasteiger partial charge on any atom is -0.382 e. The summed E-state index contributed by atoms with van der Waals surface area (Å²) in [6, 6.07) is 8.17. The van der Waals surface area contributed by atoms with E-state index in [0.29, 0.717) is 30.4 Å². The molecule has 1 aromatic heterocycles. The van der Waals surface area contributed by atoms with Crippen LogP contribution < -0.4 is 10.9 Å². The van der Waals surface area contributed by atoms with Gasteiger partial charge in [-0.2, -0.15) is 0 Å². The molecule has 3 rings (SSSR count). The number of H-pyrrole nitrogens is 1. The Hall–Kier alpha value is -1.96. The van der Waals surface area contributed by atoms with Gasteiger partial charge in [-0.05, 0) is 74.0 Å². The van der Waals surface area contributed by atoms with Crippen molar-refractivity contribution in [3.8, 4) is 0 Å². The first-order chi connectivity index (χ1) is 14.6. The molecule has 164 valence electrons. The topological polar surface area (TPSA) is 66.6 Å². The van der Waals surface area contributed by atoms with E-state index in [9.17, 15) is 4.79 Å². The lowest BCUT2D eigenvalue weighted by Gasteiger charge is -2.28. The number of nitrogens with one attached hydrogen (secondary N) is 2. The quantitative estimate of drug-likeness (QED) is 0.444. The molecule has 7 heteroatoms. The van der Waals surface area contributed by atoms with Gasteiger partial charge in [-0.25, -0.2) is 0 Å². The molecule has 0 spiro atoms. The number of thiocarbonyl (C=S) groups is 1. The second-order valence-electron chi connectivity index (χ2n) is 7.70. The lowest BCUT2D eigenvalue weighted by molar-refractivity contribution is 0.0896. The van der Waals surface area contributed by atoms with Gasteiger partial charge in [-0.15, -0.1) is 0 Å². The first-order valence-electron chi connectivity index (χ1n) is 11.0. The van der Waals surface area contributed by atoms with E-state index in [1.54, 1.807) is 0 Å². The maximum atomic E-state index is 12.7. The third kappa shape index (κ3) is 6.27. The molecule has 1 atom stereocenters. The highest BCUT2D eigenvalue weighted by Gasteiger charge is 2.22. The standard InChI is InChI=1S/C23H33N3O3S/c1-3-17-8-9-21-18(13-17)14-19(22(27)25-21)15-26(16-20-7-5-12-29-20)23(30)24-10-6-11-28-4-2/h8-9,13-14,20H,3-7,10-12,15-16H2,1-2H3,(H,24,30)(H,25,27). The summed E-state index contributed by atoms with van der Waals surface area (Å²) in [6.07, 6.45) is 4.10. The van der Waals surface area contributed by atoms with E-state index in [-0.39, 0.29) is 11.7 Å². The molecule has 0 amide bonds. The van der Waals surface area contributed by atoms with Gasteiger partial charge < -0.3 is 24.7 Å². The fourth-order valence-corrected chi connectivity index (χ4v) is 3.96. The molecule has 6 nitrogen and oxygen atoms in total. The number of benzene rings is 1. The molecule has 1 fully saturated rings. The molecule has 1 aromatic carbocycles. The van der Waals surface area contributed by atoms with Gasteiger partial charge in [0.05, 0.1) is 12.6 Å². The number of aryl methyl sites for hydroxylation is 1. The lowest BCUT2D eigenvalue weighted by atomic mass is 10.1. The number of hydrogen-bond acceptors (Lipinski definition) is 4. The van der Waals surface area contributed by atoms with Crippen molar-refractivity contribution in [3.63, 3.8) is 0 Å². The van der Waals surface area contributed by atoms with Crippen LogP contribution in [0.25, 0.3) is 10.9 Å². The molecule has 2 heterocycles. The van der Waals surface area contributed by atoms with Crippen LogP contribution in [0.5, 0.6) is 0 Å². The van der Waals surface area contributed by atoms with Crippen LogP contribution >= 0.6 is 12.2 Å². The van der Waals surface area contributed by atoms with Crippen molar-refractivity contribution in [1.29, 1.82) is 0 Å². The van der Waals surface area contributed by atoms with Crippen molar-refractivity contribution < 1.29 is 9.47 Å². The summed E-state index contributed by atoms with van der Waals surface area (Å²) >= 11 is 5.67. The van der Waals surface area contributed by atoms with Crippen LogP contribution in [0.4, 0.5) is 0 Å². The number of nitrogens with zero attached hydrogens (tertiary/aromatic N) is 1. The van der Waals surface area contributed by atoms with Crippen LogP contribution in [0.1, 0.15) is 44.2 Å². The highest BCUT2D eigenvalue weighted by atomic mass is 32.1. The summed E-state index contributed by atoms with van der Waals surface area (Å²) in [5, 5.41) is 5.03. The number of rotatable bonds is 10. The summed E-state index contributed by atoms with van der Waals surface area (Å²) < 4.78 is 11.2. The Balaban J connectivity index is 1.74. The molecular formula is C23H33N3O3S. The predicted octanol–water partition coefficient (Wildman–Crippen LogP) is 3.37. The molecular weight excluding hydrogens is 398 g/mol. The van der Waals surface area contributed by atoms with Crippen LogP contribution in [0, 0.1) is 0 Å². The molecule has 2 aromatic rings. The first kappa shape index (κ1) is 22.7. The molecule has 0 saturated carbocycles. The zero-order chi connectivity index (χ0) is 21.3. The van der Waals surface area contributed by atoms with E-state index >= 15 is 0 Å². The SMILES string of the molecule is CCOCCCNC(=S)N(Cc1cc2cc(CC)ccc2[nH]c1=O)CC1CCCO1. The molecule has 1 aliphatic rings.